The number of rotatable bonds is 10. The van der Waals surface area contributed by atoms with Gasteiger partial charge in [-0.1, -0.05) is 13.0 Å². The first-order valence-electron chi connectivity index (χ1n) is 7.52. The second-order valence-corrected chi connectivity index (χ2v) is 5.69. The molecule has 0 saturated heterocycles. The summed E-state index contributed by atoms with van der Waals surface area (Å²) in [6, 6.07) is 6.23. The molecule has 1 rings (SSSR count). The van der Waals surface area contributed by atoms with E-state index in [1.54, 1.807) is 14.2 Å². The predicted octanol–water partition coefficient (Wildman–Crippen LogP) is 3.14. The smallest absolute Gasteiger partial charge is 0.124 e. The van der Waals surface area contributed by atoms with E-state index < -0.39 is 0 Å². The molecule has 0 heterocycles. The Kier molecular flexibility index (Phi) is 7.72. The molecule has 0 fully saturated rings. The molecule has 4 heteroatoms. The Balaban J connectivity index is 2.55. The molecule has 1 aromatic rings. The summed E-state index contributed by atoms with van der Waals surface area (Å²) in [5.74, 6) is 0.876. The molecule has 1 N–H and O–H groups in total. The standard InChI is InChI=1S/C17H29NO3/c1-6-18-12-14-7-8-16(19-4)15(11-14)13-21-10-9-17(2,3)20-5/h7-8,11,18H,6,9-10,12-13H2,1-5H3. The van der Waals surface area contributed by atoms with Crippen LogP contribution in [0.1, 0.15) is 38.3 Å². The van der Waals surface area contributed by atoms with Crippen LogP contribution in [0, 0.1) is 0 Å². The van der Waals surface area contributed by atoms with Gasteiger partial charge < -0.3 is 19.5 Å². The fourth-order valence-electron chi connectivity index (χ4n) is 1.93. The summed E-state index contributed by atoms with van der Waals surface area (Å²) in [6.07, 6.45) is 0.864. The molecule has 21 heavy (non-hydrogen) atoms. The summed E-state index contributed by atoms with van der Waals surface area (Å²) in [7, 11) is 3.42. The number of hydrogen-bond acceptors (Lipinski definition) is 4. The van der Waals surface area contributed by atoms with Crippen LogP contribution >= 0.6 is 0 Å². The molecule has 0 bridgehead atoms. The molecule has 0 radical (unpaired) electrons. The van der Waals surface area contributed by atoms with Gasteiger partial charge in [0.1, 0.15) is 5.75 Å². The molecular formula is C17H29NO3. The highest BCUT2D eigenvalue weighted by Gasteiger charge is 2.15. The maximum atomic E-state index is 5.78. The molecule has 0 aliphatic carbocycles. The molecule has 4 nitrogen and oxygen atoms in total. The lowest BCUT2D eigenvalue weighted by molar-refractivity contribution is -0.0126. The molecule has 0 spiro atoms. The highest BCUT2D eigenvalue weighted by molar-refractivity contribution is 5.36. The third-order valence-electron chi connectivity index (χ3n) is 3.58. The van der Waals surface area contributed by atoms with Gasteiger partial charge in [-0.05, 0) is 44.5 Å². The average Bonchev–Trinajstić information content (AvgIpc) is 2.49. The van der Waals surface area contributed by atoms with Crippen molar-refractivity contribution >= 4 is 0 Å². The van der Waals surface area contributed by atoms with E-state index in [9.17, 15) is 0 Å². The minimum absolute atomic E-state index is 0.142. The lowest BCUT2D eigenvalue weighted by Crippen LogP contribution is -2.24. The minimum Gasteiger partial charge on any atom is -0.496 e. The first-order chi connectivity index (χ1) is 10.0. The second-order valence-electron chi connectivity index (χ2n) is 5.69. The number of benzene rings is 1. The molecule has 0 saturated carbocycles. The van der Waals surface area contributed by atoms with Crippen molar-refractivity contribution in [3.63, 3.8) is 0 Å². The number of ether oxygens (including phenoxy) is 3. The fourth-order valence-corrected chi connectivity index (χ4v) is 1.93. The van der Waals surface area contributed by atoms with Gasteiger partial charge in [-0.2, -0.15) is 0 Å². The Morgan fingerprint density at radius 2 is 1.95 bits per heavy atom. The van der Waals surface area contributed by atoms with Crippen LogP contribution in [0.15, 0.2) is 18.2 Å². The van der Waals surface area contributed by atoms with E-state index in [1.165, 1.54) is 5.56 Å². The number of methoxy groups -OCH3 is 2. The Labute approximate surface area is 128 Å². The lowest BCUT2D eigenvalue weighted by atomic mass is 10.1. The predicted molar refractivity (Wildman–Crippen MR) is 85.7 cm³/mol. The molecular weight excluding hydrogens is 266 g/mol. The monoisotopic (exact) mass is 295 g/mol. The van der Waals surface area contributed by atoms with E-state index in [2.05, 4.69) is 38.2 Å². The van der Waals surface area contributed by atoms with Gasteiger partial charge in [-0.15, -0.1) is 0 Å². The van der Waals surface area contributed by atoms with Crippen LogP contribution in [0.4, 0.5) is 0 Å². The zero-order valence-corrected chi connectivity index (χ0v) is 14.0. The molecule has 0 aromatic heterocycles. The van der Waals surface area contributed by atoms with Gasteiger partial charge in [0.15, 0.2) is 0 Å². The van der Waals surface area contributed by atoms with E-state index in [1.807, 2.05) is 6.07 Å². The largest absolute Gasteiger partial charge is 0.496 e. The van der Waals surface area contributed by atoms with Crippen molar-refractivity contribution in [1.29, 1.82) is 0 Å². The Morgan fingerprint density at radius 1 is 1.19 bits per heavy atom. The van der Waals surface area contributed by atoms with Crippen molar-refractivity contribution in [3.05, 3.63) is 29.3 Å². The quantitative estimate of drug-likeness (QED) is 0.673. The first kappa shape index (κ1) is 18.0. The number of nitrogens with one attached hydrogen (secondary N) is 1. The van der Waals surface area contributed by atoms with Gasteiger partial charge in [0.05, 0.1) is 19.3 Å². The highest BCUT2D eigenvalue weighted by atomic mass is 16.5. The average molecular weight is 295 g/mol. The summed E-state index contributed by atoms with van der Waals surface area (Å²) >= 11 is 0. The lowest BCUT2D eigenvalue weighted by Gasteiger charge is -2.22. The van der Waals surface area contributed by atoms with Crippen molar-refractivity contribution in [3.8, 4) is 5.75 Å². The zero-order valence-electron chi connectivity index (χ0n) is 14.0. The number of hydrogen-bond donors (Lipinski definition) is 1. The zero-order chi connectivity index (χ0) is 15.7. The molecule has 1 aromatic carbocycles. The van der Waals surface area contributed by atoms with Crippen LogP contribution in [0.3, 0.4) is 0 Å². The van der Waals surface area contributed by atoms with Crippen molar-refractivity contribution in [2.75, 3.05) is 27.4 Å². The summed E-state index contributed by atoms with van der Waals surface area (Å²) in [6.45, 7) is 9.28. The Morgan fingerprint density at radius 3 is 2.57 bits per heavy atom. The van der Waals surface area contributed by atoms with Crippen molar-refractivity contribution < 1.29 is 14.2 Å². The van der Waals surface area contributed by atoms with Crippen LogP contribution in [0.5, 0.6) is 5.75 Å². The van der Waals surface area contributed by atoms with Gasteiger partial charge in [0.25, 0.3) is 0 Å². The fraction of sp³-hybridized carbons (Fsp3) is 0.647. The summed E-state index contributed by atoms with van der Waals surface area (Å²) < 4.78 is 16.6. The normalized spacial score (nSPS) is 11.7. The van der Waals surface area contributed by atoms with E-state index in [0.717, 1.165) is 30.8 Å². The van der Waals surface area contributed by atoms with Gasteiger partial charge in [0, 0.05) is 25.8 Å². The Hall–Kier alpha value is -1.10. The van der Waals surface area contributed by atoms with Gasteiger partial charge >= 0.3 is 0 Å². The van der Waals surface area contributed by atoms with E-state index in [4.69, 9.17) is 14.2 Å². The third kappa shape index (κ3) is 6.46. The summed E-state index contributed by atoms with van der Waals surface area (Å²) in [5, 5.41) is 3.33. The van der Waals surface area contributed by atoms with E-state index >= 15 is 0 Å². The maximum absolute atomic E-state index is 5.78. The minimum atomic E-state index is -0.142. The molecule has 120 valence electrons. The van der Waals surface area contributed by atoms with Crippen LogP contribution in [-0.2, 0) is 22.6 Å². The Bertz CT molecular complexity index is 418. The SMILES string of the molecule is CCNCc1ccc(OC)c(COCCC(C)(C)OC)c1. The van der Waals surface area contributed by atoms with Gasteiger partial charge in [0.2, 0.25) is 0 Å². The molecule has 0 aliphatic rings. The molecule has 0 atom stereocenters. The topological polar surface area (TPSA) is 39.7 Å². The summed E-state index contributed by atoms with van der Waals surface area (Å²) in [5.41, 5.74) is 2.19. The van der Waals surface area contributed by atoms with Crippen LogP contribution in [0.2, 0.25) is 0 Å². The van der Waals surface area contributed by atoms with Crippen LogP contribution in [-0.4, -0.2) is 33.0 Å². The van der Waals surface area contributed by atoms with E-state index in [0.29, 0.717) is 13.2 Å². The van der Waals surface area contributed by atoms with Crippen LogP contribution in [0.25, 0.3) is 0 Å². The van der Waals surface area contributed by atoms with Gasteiger partial charge in [-0.25, -0.2) is 0 Å². The highest BCUT2D eigenvalue weighted by Crippen LogP contribution is 2.21. The third-order valence-corrected chi connectivity index (χ3v) is 3.58. The second kappa shape index (κ2) is 9.03. The summed E-state index contributed by atoms with van der Waals surface area (Å²) in [4.78, 5) is 0. The molecule has 0 amide bonds. The van der Waals surface area contributed by atoms with Crippen LogP contribution < -0.4 is 10.1 Å². The molecule has 0 unspecified atom stereocenters. The van der Waals surface area contributed by atoms with Crippen molar-refractivity contribution in [2.24, 2.45) is 0 Å². The van der Waals surface area contributed by atoms with E-state index in [-0.39, 0.29) is 5.60 Å². The maximum Gasteiger partial charge on any atom is 0.124 e. The van der Waals surface area contributed by atoms with Gasteiger partial charge in [-0.3, -0.25) is 0 Å². The molecule has 0 aliphatic heterocycles. The van der Waals surface area contributed by atoms with Crippen molar-refractivity contribution in [1.82, 2.24) is 5.32 Å². The first-order valence-corrected chi connectivity index (χ1v) is 7.52. The van der Waals surface area contributed by atoms with Crippen molar-refractivity contribution in [2.45, 2.75) is 45.9 Å².